The first-order valence-corrected chi connectivity index (χ1v) is 9.96. The molecule has 0 bridgehead atoms. The number of rotatable bonds is 4. The third kappa shape index (κ3) is 2.98. The molecular weight excluding hydrogens is 424 g/mol. The highest BCUT2D eigenvalue weighted by molar-refractivity contribution is 5.86. The van der Waals surface area contributed by atoms with Crippen molar-refractivity contribution in [3.63, 3.8) is 0 Å². The standard InChI is InChI=1S/C22H15F2N3O5/c23-22(24)30-17-6-3-13(9-18(17)31-22)21-25-20(26-32-21)12-2-1-11-7-14-4-5-15(10-19(28)29)27(14)16(11)8-12/h1-3,6-9,15H,4-5,10H2,(H,28,29). The van der Waals surface area contributed by atoms with Gasteiger partial charge in [-0.15, -0.1) is 8.78 Å². The lowest BCUT2D eigenvalue weighted by molar-refractivity contribution is -0.286. The van der Waals surface area contributed by atoms with Crippen molar-refractivity contribution < 1.29 is 32.7 Å². The van der Waals surface area contributed by atoms with Crippen molar-refractivity contribution in [3.05, 3.63) is 48.2 Å². The van der Waals surface area contributed by atoms with Crippen molar-refractivity contribution in [2.75, 3.05) is 0 Å². The second-order valence-electron chi connectivity index (χ2n) is 7.82. The van der Waals surface area contributed by atoms with Gasteiger partial charge in [0.1, 0.15) is 0 Å². The van der Waals surface area contributed by atoms with Crippen LogP contribution in [0.25, 0.3) is 33.7 Å². The van der Waals surface area contributed by atoms with Gasteiger partial charge in [-0.1, -0.05) is 17.3 Å². The Morgan fingerprint density at radius 1 is 1.12 bits per heavy atom. The Morgan fingerprint density at radius 3 is 2.78 bits per heavy atom. The second-order valence-corrected chi connectivity index (χ2v) is 7.82. The maximum Gasteiger partial charge on any atom is 0.586 e. The van der Waals surface area contributed by atoms with E-state index >= 15 is 0 Å². The zero-order valence-corrected chi connectivity index (χ0v) is 16.4. The molecule has 32 heavy (non-hydrogen) atoms. The number of nitrogens with zero attached hydrogens (tertiary/aromatic N) is 3. The van der Waals surface area contributed by atoms with Crippen LogP contribution in [0, 0.1) is 0 Å². The number of alkyl halides is 2. The Morgan fingerprint density at radius 2 is 1.94 bits per heavy atom. The molecule has 1 atom stereocenters. The summed E-state index contributed by atoms with van der Waals surface area (Å²) in [4.78, 5) is 15.7. The molecule has 0 saturated carbocycles. The molecule has 1 N–H and O–H groups in total. The van der Waals surface area contributed by atoms with Gasteiger partial charge >= 0.3 is 12.3 Å². The molecule has 2 aliphatic heterocycles. The molecule has 4 aromatic rings. The van der Waals surface area contributed by atoms with Gasteiger partial charge in [0.25, 0.3) is 5.89 Å². The summed E-state index contributed by atoms with van der Waals surface area (Å²) >= 11 is 0. The Balaban J connectivity index is 1.35. The maximum atomic E-state index is 13.3. The molecule has 8 nitrogen and oxygen atoms in total. The van der Waals surface area contributed by atoms with E-state index in [4.69, 9.17) is 4.52 Å². The summed E-state index contributed by atoms with van der Waals surface area (Å²) in [6.45, 7) is 0. The van der Waals surface area contributed by atoms with Crippen LogP contribution in [-0.2, 0) is 11.2 Å². The highest BCUT2D eigenvalue weighted by atomic mass is 19.3. The summed E-state index contributed by atoms with van der Waals surface area (Å²) in [5, 5.41) is 14.3. The van der Waals surface area contributed by atoms with Crippen molar-refractivity contribution in [2.24, 2.45) is 0 Å². The minimum Gasteiger partial charge on any atom is -0.481 e. The molecule has 0 saturated heterocycles. The van der Waals surface area contributed by atoms with Gasteiger partial charge in [-0.25, -0.2) is 0 Å². The summed E-state index contributed by atoms with van der Waals surface area (Å²) in [6, 6.07) is 11.9. The van der Waals surface area contributed by atoms with E-state index in [9.17, 15) is 18.7 Å². The lowest BCUT2D eigenvalue weighted by atomic mass is 10.1. The Hall–Kier alpha value is -3.95. The average Bonchev–Trinajstić information content (AvgIpc) is 3.48. The summed E-state index contributed by atoms with van der Waals surface area (Å²) in [5.74, 6) is -0.534. The highest BCUT2D eigenvalue weighted by Gasteiger charge is 2.43. The van der Waals surface area contributed by atoms with E-state index in [2.05, 4.69) is 30.2 Å². The zero-order chi connectivity index (χ0) is 22.0. The molecule has 6 rings (SSSR count). The zero-order valence-electron chi connectivity index (χ0n) is 16.4. The number of hydrogen-bond acceptors (Lipinski definition) is 6. The fourth-order valence-electron chi connectivity index (χ4n) is 4.42. The topological polar surface area (TPSA) is 99.6 Å². The van der Waals surface area contributed by atoms with E-state index in [1.54, 1.807) is 0 Å². The average molecular weight is 439 g/mol. The molecule has 0 amide bonds. The minimum atomic E-state index is -3.70. The molecule has 162 valence electrons. The number of fused-ring (bicyclic) bond motifs is 4. The van der Waals surface area contributed by atoms with E-state index in [0.717, 1.165) is 29.4 Å². The number of carboxylic acid groups (broad SMARTS) is 1. The van der Waals surface area contributed by atoms with Crippen LogP contribution in [0.5, 0.6) is 11.5 Å². The number of aryl methyl sites for hydroxylation is 1. The summed E-state index contributed by atoms with van der Waals surface area (Å²) in [6.07, 6.45) is -2.02. The van der Waals surface area contributed by atoms with Crippen molar-refractivity contribution in [1.82, 2.24) is 14.7 Å². The van der Waals surface area contributed by atoms with Crippen LogP contribution in [-0.4, -0.2) is 32.1 Å². The maximum absolute atomic E-state index is 13.3. The first kappa shape index (κ1) is 18.8. The predicted octanol–water partition coefficient (Wildman–Crippen LogP) is 4.64. The fourth-order valence-corrected chi connectivity index (χ4v) is 4.42. The monoisotopic (exact) mass is 439 g/mol. The van der Waals surface area contributed by atoms with Gasteiger partial charge in [0.05, 0.1) is 6.42 Å². The second kappa shape index (κ2) is 6.52. The number of aliphatic carboxylic acids is 1. The SMILES string of the molecule is O=C(O)CC1CCc2cc3ccc(-c4noc(-c5ccc6c(c5)OC(F)(F)O6)n4)cc3n21. The van der Waals surface area contributed by atoms with Crippen LogP contribution in [0.4, 0.5) is 8.78 Å². The number of carboxylic acids is 1. The molecule has 2 aromatic heterocycles. The van der Waals surface area contributed by atoms with Gasteiger partial charge in [-0.05, 0) is 48.6 Å². The Kier molecular flexibility index (Phi) is 3.83. The van der Waals surface area contributed by atoms with Crippen LogP contribution in [0.2, 0.25) is 0 Å². The number of carbonyl (C=O) groups is 1. The molecule has 0 spiro atoms. The smallest absolute Gasteiger partial charge is 0.481 e. The summed E-state index contributed by atoms with van der Waals surface area (Å²) in [5.41, 5.74) is 3.13. The van der Waals surface area contributed by atoms with Crippen molar-refractivity contribution in [3.8, 4) is 34.3 Å². The van der Waals surface area contributed by atoms with Gasteiger partial charge < -0.3 is 23.7 Å². The molecular formula is C22H15F2N3O5. The number of halogens is 2. The number of hydrogen-bond donors (Lipinski definition) is 1. The van der Waals surface area contributed by atoms with E-state index in [-0.39, 0.29) is 29.9 Å². The molecule has 2 aliphatic rings. The normalized spacial score (nSPS) is 18.2. The van der Waals surface area contributed by atoms with Crippen LogP contribution in [0.15, 0.2) is 47.0 Å². The molecule has 4 heterocycles. The van der Waals surface area contributed by atoms with Gasteiger partial charge in [0.15, 0.2) is 11.5 Å². The largest absolute Gasteiger partial charge is 0.586 e. The third-order valence-corrected chi connectivity index (χ3v) is 5.76. The third-order valence-electron chi connectivity index (χ3n) is 5.76. The number of benzene rings is 2. The van der Waals surface area contributed by atoms with Gasteiger partial charge in [-0.2, -0.15) is 4.98 Å². The highest BCUT2D eigenvalue weighted by Crippen LogP contribution is 2.43. The van der Waals surface area contributed by atoms with Crippen LogP contribution in [0.1, 0.15) is 24.6 Å². The summed E-state index contributed by atoms with van der Waals surface area (Å²) in [7, 11) is 0. The molecule has 0 fully saturated rings. The first-order valence-electron chi connectivity index (χ1n) is 9.96. The lowest BCUT2D eigenvalue weighted by Crippen LogP contribution is -2.25. The van der Waals surface area contributed by atoms with Crippen molar-refractivity contribution >= 4 is 16.9 Å². The van der Waals surface area contributed by atoms with E-state index in [1.807, 2.05) is 18.2 Å². The van der Waals surface area contributed by atoms with Crippen LogP contribution >= 0.6 is 0 Å². The van der Waals surface area contributed by atoms with Gasteiger partial charge in [-0.3, -0.25) is 4.79 Å². The molecule has 10 heteroatoms. The van der Waals surface area contributed by atoms with E-state index in [1.165, 1.54) is 18.2 Å². The predicted molar refractivity (Wildman–Crippen MR) is 106 cm³/mol. The number of ether oxygens (including phenoxy) is 2. The molecule has 0 radical (unpaired) electrons. The summed E-state index contributed by atoms with van der Waals surface area (Å²) < 4.78 is 42.8. The minimum absolute atomic E-state index is 0.0660. The van der Waals surface area contributed by atoms with E-state index < -0.39 is 12.3 Å². The quantitative estimate of drug-likeness (QED) is 0.494. The van der Waals surface area contributed by atoms with Crippen LogP contribution < -0.4 is 9.47 Å². The van der Waals surface area contributed by atoms with Gasteiger partial charge in [0, 0.05) is 28.4 Å². The fraction of sp³-hybridized carbons (Fsp3) is 0.227. The first-order chi connectivity index (χ1) is 15.4. The van der Waals surface area contributed by atoms with Crippen molar-refractivity contribution in [1.29, 1.82) is 0 Å². The Labute approximate surface area is 179 Å². The lowest BCUT2D eigenvalue weighted by Gasteiger charge is -2.13. The van der Waals surface area contributed by atoms with Crippen LogP contribution in [0.3, 0.4) is 0 Å². The Bertz CT molecular complexity index is 1390. The molecule has 2 aromatic carbocycles. The number of aromatic nitrogens is 3. The van der Waals surface area contributed by atoms with Gasteiger partial charge in [0.2, 0.25) is 5.82 Å². The van der Waals surface area contributed by atoms with E-state index in [0.29, 0.717) is 17.0 Å². The molecule has 0 aliphatic carbocycles. The van der Waals surface area contributed by atoms with Crippen molar-refractivity contribution in [2.45, 2.75) is 31.6 Å². The molecule has 1 unspecified atom stereocenters.